The second kappa shape index (κ2) is 20.2. The van der Waals surface area contributed by atoms with Gasteiger partial charge in [0.05, 0.1) is 43.9 Å². The van der Waals surface area contributed by atoms with Crippen molar-refractivity contribution in [1.29, 1.82) is 0 Å². The Kier molecular flexibility index (Phi) is 19.1. The third-order valence-electron chi connectivity index (χ3n) is 7.52. The van der Waals surface area contributed by atoms with Crippen molar-refractivity contribution in [1.82, 2.24) is 0 Å². The SMILES string of the molecule is CCCCCCCC/C=C/CCCC[N+](CCC(C)C(=O)O)(CCC(C)C(=O)O)CCC(C)C(=O)O. The molecule has 0 spiro atoms. The minimum atomic E-state index is -0.832. The molecule has 0 aliphatic heterocycles. The molecule has 0 rings (SSSR count). The van der Waals surface area contributed by atoms with Crippen molar-refractivity contribution in [3.05, 3.63) is 12.2 Å². The van der Waals surface area contributed by atoms with Gasteiger partial charge in [-0.25, -0.2) is 0 Å². The third-order valence-corrected chi connectivity index (χ3v) is 7.52. The molecule has 0 aliphatic rings. The monoisotopic (exact) mass is 512 g/mol. The molecule has 0 saturated heterocycles. The Morgan fingerprint density at radius 3 is 1.33 bits per heavy atom. The minimum Gasteiger partial charge on any atom is -0.481 e. The van der Waals surface area contributed by atoms with Gasteiger partial charge in [-0.3, -0.25) is 14.4 Å². The van der Waals surface area contributed by atoms with E-state index in [1.165, 1.54) is 38.5 Å². The summed E-state index contributed by atoms with van der Waals surface area (Å²) in [5.41, 5.74) is 0. The number of quaternary nitrogens is 1. The van der Waals surface area contributed by atoms with Crippen LogP contribution in [0.4, 0.5) is 0 Å². The molecule has 0 fully saturated rings. The molecule has 3 atom stereocenters. The number of carboxylic acids is 3. The summed E-state index contributed by atoms with van der Waals surface area (Å²) in [5.74, 6) is -3.95. The lowest BCUT2D eigenvalue weighted by Gasteiger charge is -2.40. The van der Waals surface area contributed by atoms with Crippen LogP contribution in [0.5, 0.6) is 0 Å². The van der Waals surface area contributed by atoms with Crippen LogP contribution in [-0.4, -0.2) is 63.9 Å². The lowest BCUT2D eigenvalue weighted by atomic mass is 10.0. The van der Waals surface area contributed by atoms with Crippen LogP contribution in [0.1, 0.15) is 111 Å². The number of hydrogen-bond acceptors (Lipinski definition) is 3. The van der Waals surface area contributed by atoms with Crippen molar-refractivity contribution in [2.45, 2.75) is 111 Å². The maximum atomic E-state index is 11.4. The molecule has 0 aromatic carbocycles. The summed E-state index contributed by atoms with van der Waals surface area (Å²) in [6.45, 7) is 10.0. The lowest BCUT2D eigenvalue weighted by molar-refractivity contribution is -0.929. The van der Waals surface area contributed by atoms with Crippen LogP contribution in [0.3, 0.4) is 0 Å². The summed E-state index contributed by atoms with van der Waals surface area (Å²) < 4.78 is 0.592. The predicted molar refractivity (Wildman–Crippen MR) is 145 cm³/mol. The van der Waals surface area contributed by atoms with E-state index in [0.717, 1.165) is 32.2 Å². The lowest BCUT2D eigenvalue weighted by Crippen LogP contribution is -2.52. The Bertz CT molecular complexity index is 588. The molecule has 3 N–H and O–H groups in total. The van der Waals surface area contributed by atoms with E-state index in [1.54, 1.807) is 20.8 Å². The standard InChI is InChI=1S/C29H53NO6/c1-5-6-7-8-9-10-11-12-13-14-15-16-20-30(21-17-24(2)27(31)32,22-18-25(3)28(33)34)23-19-26(4)29(35)36/h12-13,24-26H,5-11,14-23H2,1-4H3,(H2-,31,32,33,34,35,36)/p+1/b13-12+. The molecule has 0 radical (unpaired) electrons. The molecule has 210 valence electrons. The van der Waals surface area contributed by atoms with Gasteiger partial charge in [0, 0.05) is 19.3 Å². The quantitative estimate of drug-likeness (QED) is 0.0762. The first-order valence-electron chi connectivity index (χ1n) is 14.2. The van der Waals surface area contributed by atoms with E-state index in [2.05, 4.69) is 19.1 Å². The molecular formula is C29H54NO6+. The first-order valence-corrected chi connectivity index (χ1v) is 14.2. The molecule has 0 amide bonds. The minimum absolute atomic E-state index is 0.485. The van der Waals surface area contributed by atoms with E-state index in [0.29, 0.717) is 43.4 Å². The second-order valence-corrected chi connectivity index (χ2v) is 10.8. The van der Waals surface area contributed by atoms with Gasteiger partial charge < -0.3 is 19.8 Å². The number of aliphatic carboxylic acids is 3. The molecule has 0 aromatic heterocycles. The number of carbonyl (C=O) groups is 3. The highest BCUT2D eigenvalue weighted by Crippen LogP contribution is 2.21. The van der Waals surface area contributed by atoms with Gasteiger partial charge in [-0.05, 0) is 32.1 Å². The summed E-state index contributed by atoms with van der Waals surface area (Å²) in [6.07, 6.45) is 17.9. The van der Waals surface area contributed by atoms with Crippen LogP contribution in [0.15, 0.2) is 12.2 Å². The normalized spacial score (nSPS) is 15.9. The number of rotatable bonds is 24. The molecular weight excluding hydrogens is 458 g/mol. The zero-order valence-corrected chi connectivity index (χ0v) is 23.4. The molecule has 7 nitrogen and oxygen atoms in total. The van der Waals surface area contributed by atoms with Gasteiger partial charge in [-0.2, -0.15) is 0 Å². The van der Waals surface area contributed by atoms with Crippen LogP contribution in [0.25, 0.3) is 0 Å². The molecule has 0 bridgehead atoms. The largest absolute Gasteiger partial charge is 0.481 e. The van der Waals surface area contributed by atoms with Crippen LogP contribution in [0, 0.1) is 17.8 Å². The van der Waals surface area contributed by atoms with E-state index in [9.17, 15) is 29.7 Å². The smallest absolute Gasteiger partial charge is 0.306 e. The van der Waals surface area contributed by atoms with E-state index in [4.69, 9.17) is 0 Å². The van der Waals surface area contributed by atoms with Gasteiger partial charge in [0.25, 0.3) is 0 Å². The third kappa shape index (κ3) is 16.7. The zero-order valence-electron chi connectivity index (χ0n) is 23.4. The molecule has 0 aliphatic carbocycles. The molecule has 36 heavy (non-hydrogen) atoms. The highest BCUT2D eigenvalue weighted by Gasteiger charge is 2.31. The predicted octanol–water partition coefficient (Wildman–Crippen LogP) is 6.61. The van der Waals surface area contributed by atoms with E-state index in [-0.39, 0.29) is 0 Å². The van der Waals surface area contributed by atoms with Gasteiger partial charge in [0.2, 0.25) is 0 Å². The van der Waals surface area contributed by atoms with Gasteiger partial charge >= 0.3 is 17.9 Å². The van der Waals surface area contributed by atoms with Gasteiger partial charge in [0.15, 0.2) is 0 Å². The fourth-order valence-electron chi connectivity index (χ4n) is 4.43. The van der Waals surface area contributed by atoms with Gasteiger partial charge in [-0.1, -0.05) is 72.0 Å². The first-order chi connectivity index (χ1) is 17.0. The van der Waals surface area contributed by atoms with Crippen LogP contribution >= 0.6 is 0 Å². The van der Waals surface area contributed by atoms with Gasteiger partial charge in [-0.15, -0.1) is 0 Å². The summed E-state index contributed by atoms with van der Waals surface area (Å²) in [5, 5.41) is 28.1. The van der Waals surface area contributed by atoms with Crippen molar-refractivity contribution in [3.63, 3.8) is 0 Å². The fourth-order valence-corrected chi connectivity index (χ4v) is 4.43. The van der Waals surface area contributed by atoms with Crippen LogP contribution in [-0.2, 0) is 14.4 Å². The van der Waals surface area contributed by atoms with Crippen molar-refractivity contribution in [3.8, 4) is 0 Å². The highest BCUT2D eigenvalue weighted by atomic mass is 16.4. The molecule has 3 unspecified atom stereocenters. The molecule has 0 heterocycles. The number of unbranched alkanes of at least 4 members (excludes halogenated alkanes) is 8. The number of hydrogen-bond donors (Lipinski definition) is 3. The maximum absolute atomic E-state index is 11.4. The van der Waals surface area contributed by atoms with E-state index in [1.807, 2.05) is 0 Å². The molecule has 7 heteroatoms. The Balaban J connectivity index is 5.00. The maximum Gasteiger partial charge on any atom is 0.306 e. The first kappa shape index (κ1) is 34.1. The average Bonchev–Trinajstić information content (AvgIpc) is 2.84. The van der Waals surface area contributed by atoms with Crippen molar-refractivity contribution < 1.29 is 34.2 Å². The summed E-state index contributed by atoms with van der Waals surface area (Å²) in [4.78, 5) is 34.3. The Labute approximate surface area is 219 Å². The number of carboxylic acid groups (broad SMARTS) is 3. The van der Waals surface area contributed by atoms with Crippen molar-refractivity contribution in [2.24, 2.45) is 17.8 Å². The Morgan fingerprint density at radius 1 is 0.583 bits per heavy atom. The molecule has 0 saturated carbocycles. The van der Waals surface area contributed by atoms with E-state index >= 15 is 0 Å². The van der Waals surface area contributed by atoms with E-state index < -0.39 is 35.7 Å². The second-order valence-electron chi connectivity index (χ2n) is 10.8. The van der Waals surface area contributed by atoms with Gasteiger partial charge in [0.1, 0.15) is 0 Å². The summed E-state index contributed by atoms with van der Waals surface area (Å²) >= 11 is 0. The topological polar surface area (TPSA) is 112 Å². The Morgan fingerprint density at radius 2 is 0.944 bits per heavy atom. The Hall–Kier alpha value is -1.89. The number of allylic oxidation sites excluding steroid dienone is 2. The van der Waals surface area contributed by atoms with Crippen molar-refractivity contribution in [2.75, 3.05) is 26.2 Å². The zero-order chi connectivity index (χ0) is 27.4. The van der Waals surface area contributed by atoms with Crippen LogP contribution in [0.2, 0.25) is 0 Å². The van der Waals surface area contributed by atoms with Crippen LogP contribution < -0.4 is 0 Å². The molecule has 0 aromatic rings. The van der Waals surface area contributed by atoms with Crippen molar-refractivity contribution >= 4 is 17.9 Å². The highest BCUT2D eigenvalue weighted by molar-refractivity contribution is 5.70. The fraction of sp³-hybridized carbons (Fsp3) is 0.828. The summed E-state index contributed by atoms with van der Waals surface area (Å²) in [6, 6.07) is 0. The summed E-state index contributed by atoms with van der Waals surface area (Å²) in [7, 11) is 0. The average molecular weight is 513 g/mol. The number of nitrogens with zero attached hydrogens (tertiary/aromatic N) is 1.